The molecule has 4 heteroatoms. The maximum Gasteiger partial charge on any atom is 0.138 e. The van der Waals surface area contributed by atoms with Crippen LogP contribution in [0.5, 0.6) is 0 Å². The Morgan fingerprint density at radius 3 is 2.07 bits per heavy atom. The Labute approximate surface area is 86.9 Å². The monoisotopic (exact) mass is 213 g/mol. The molecule has 1 aromatic rings. The lowest BCUT2D eigenvalue weighted by Crippen LogP contribution is -1.84. The van der Waals surface area contributed by atoms with E-state index in [1.807, 2.05) is 0 Å². The van der Waals surface area contributed by atoms with Gasteiger partial charge in [0.1, 0.15) is 11.4 Å². The summed E-state index contributed by atoms with van der Waals surface area (Å²) in [6, 6.07) is 8.45. The largest absolute Gasteiger partial charge is 0.740 e. The summed E-state index contributed by atoms with van der Waals surface area (Å²) in [6.45, 7) is 7.19. The lowest BCUT2D eigenvalue weighted by Gasteiger charge is -1.97. The van der Waals surface area contributed by atoms with E-state index in [9.17, 15) is 8.76 Å². The minimum absolute atomic E-state index is 0.836. The second-order valence-corrected chi connectivity index (χ2v) is 3.23. The molecule has 14 heavy (non-hydrogen) atoms. The van der Waals surface area contributed by atoms with Crippen LogP contribution < -0.4 is 0 Å². The van der Waals surface area contributed by atoms with Gasteiger partial charge < -0.3 is 8.74 Å². The van der Waals surface area contributed by atoms with Crippen molar-refractivity contribution in [2.24, 2.45) is 0 Å². The minimum atomic E-state index is -2.43. The molecule has 0 spiro atoms. The van der Waals surface area contributed by atoms with E-state index in [-0.39, 0.29) is 0 Å². The van der Waals surface area contributed by atoms with E-state index < -0.39 is 11.4 Å². The van der Waals surface area contributed by atoms with Gasteiger partial charge in [0.15, 0.2) is 0 Å². The molecule has 0 aliphatic heterocycles. The molecule has 0 saturated heterocycles. The SMILES string of the molecule is C=COS(=O)[O-].Cc1cccc(C)c1. The molecule has 0 bridgehead atoms. The van der Waals surface area contributed by atoms with E-state index >= 15 is 0 Å². The van der Waals surface area contributed by atoms with Crippen LogP contribution in [0.4, 0.5) is 0 Å². The molecular formula is C10H13O3S-. The molecule has 1 aromatic carbocycles. The van der Waals surface area contributed by atoms with Crippen LogP contribution >= 0.6 is 0 Å². The molecule has 1 rings (SSSR count). The third-order valence-electron chi connectivity index (χ3n) is 1.32. The van der Waals surface area contributed by atoms with Gasteiger partial charge in [0.25, 0.3) is 0 Å². The number of benzene rings is 1. The first-order valence-corrected chi connectivity index (χ1v) is 4.97. The van der Waals surface area contributed by atoms with Crippen LogP contribution in [0.2, 0.25) is 0 Å². The summed E-state index contributed by atoms with van der Waals surface area (Å²) in [5, 5.41) is 0. The van der Waals surface area contributed by atoms with Crippen LogP contribution in [0.25, 0.3) is 0 Å². The fourth-order valence-electron chi connectivity index (χ4n) is 0.863. The number of hydrogen-bond acceptors (Lipinski definition) is 3. The topological polar surface area (TPSA) is 49.4 Å². The first-order chi connectivity index (χ1) is 6.56. The average molecular weight is 213 g/mol. The van der Waals surface area contributed by atoms with Gasteiger partial charge in [-0.15, -0.1) is 0 Å². The van der Waals surface area contributed by atoms with Crippen molar-refractivity contribution in [1.29, 1.82) is 0 Å². The summed E-state index contributed by atoms with van der Waals surface area (Å²) in [7, 11) is 0. The van der Waals surface area contributed by atoms with E-state index in [4.69, 9.17) is 0 Å². The molecule has 0 N–H and O–H groups in total. The quantitative estimate of drug-likeness (QED) is 0.559. The predicted octanol–water partition coefficient (Wildman–Crippen LogP) is 2.24. The zero-order valence-electron chi connectivity index (χ0n) is 8.23. The van der Waals surface area contributed by atoms with Crippen LogP contribution in [0.1, 0.15) is 11.1 Å². The zero-order chi connectivity index (χ0) is 11.0. The van der Waals surface area contributed by atoms with E-state index in [0.29, 0.717) is 0 Å². The van der Waals surface area contributed by atoms with Crippen LogP contribution in [0.3, 0.4) is 0 Å². The van der Waals surface area contributed by atoms with E-state index in [2.05, 4.69) is 48.9 Å². The van der Waals surface area contributed by atoms with Crippen LogP contribution in [-0.2, 0) is 15.5 Å². The van der Waals surface area contributed by atoms with Gasteiger partial charge in [-0.1, -0.05) is 42.0 Å². The lowest BCUT2D eigenvalue weighted by atomic mass is 10.2. The van der Waals surface area contributed by atoms with Crippen molar-refractivity contribution in [3.63, 3.8) is 0 Å². The number of rotatable bonds is 2. The fraction of sp³-hybridized carbons (Fsp3) is 0.200. The molecule has 1 unspecified atom stereocenters. The molecule has 0 radical (unpaired) electrons. The second-order valence-electron chi connectivity index (χ2n) is 2.63. The summed E-state index contributed by atoms with van der Waals surface area (Å²) in [5.41, 5.74) is 2.68. The molecule has 0 heterocycles. The highest BCUT2D eigenvalue weighted by molar-refractivity contribution is 7.74. The lowest BCUT2D eigenvalue weighted by molar-refractivity contribution is 0.406. The van der Waals surface area contributed by atoms with Crippen molar-refractivity contribution in [2.75, 3.05) is 0 Å². The van der Waals surface area contributed by atoms with E-state index in [0.717, 1.165) is 6.26 Å². The second kappa shape index (κ2) is 7.29. The number of aryl methyl sites for hydroxylation is 2. The smallest absolute Gasteiger partial charge is 0.138 e. The van der Waals surface area contributed by atoms with Crippen molar-refractivity contribution in [3.05, 3.63) is 48.2 Å². The third-order valence-corrected chi connectivity index (χ3v) is 1.61. The highest BCUT2D eigenvalue weighted by atomic mass is 32.2. The standard InChI is InChI=1S/C8H10.C2H4O3S/c1-7-4-3-5-8(2)6-7;1-2-5-6(3)4/h3-6H,1-2H3;2H,1H2,(H,3,4)/p-1. The Morgan fingerprint density at radius 2 is 1.93 bits per heavy atom. The highest BCUT2D eigenvalue weighted by Gasteiger charge is 1.80. The average Bonchev–Trinajstić information content (AvgIpc) is 2.03. The van der Waals surface area contributed by atoms with Gasteiger partial charge in [0, 0.05) is 0 Å². The molecule has 1 atom stereocenters. The third kappa shape index (κ3) is 7.52. The van der Waals surface area contributed by atoms with Crippen molar-refractivity contribution in [1.82, 2.24) is 0 Å². The number of hydrogen-bond donors (Lipinski definition) is 0. The van der Waals surface area contributed by atoms with Gasteiger partial charge in [0.05, 0.1) is 6.26 Å². The van der Waals surface area contributed by atoms with Gasteiger partial charge >= 0.3 is 0 Å². The van der Waals surface area contributed by atoms with E-state index in [1.54, 1.807) is 0 Å². The Kier molecular flexibility index (Phi) is 6.70. The van der Waals surface area contributed by atoms with Gasteiger partial charge in [-0.2, -0.15) is 0 Å². The molecule has 0 saturated carbocycles. The van der Waals surface area contributed by atoms with Crippen LogP contribution in [0.15, 0.2) is 37.1 Å². The first-order valence-electron chi connectivity index (χ1n) is 3.97. The Morgan fingerprint density at radius 1 is 1.43 bits per heavy atom. The molecule has 0 aliphatic carbocycles. The molecule has 0 fully saturated rings. The predicted molar refractivity (Wildman–Crippen MR) is 56.1 cm³/mol. The normalized spacial score (nSPS) is 10.8. The Hall–Kier alpha value is -1.13. The van der Waals surface area contributed by atoms with E-state index in [1.165, 1.54) is 11.1 Å². The summed E-state index contributed by atoms with van der Waals surface area (Å²) in [4.78, 5) is 0. The van der Waals surface area contributed by atoms with Crippen molar-refractivity contribution < 1.29 is 12.9 Å². The van der Waals surface area contributed by atoms with Crippen molar-refractivity contribution >= 4 is 11.4 Å². The summed E-state index contributed by atoms with van der Waals surface area (Å²) in [6.07, 6.45) is 0.836. The molecule has 78 valence electrons. The van der Waals surface area contributed by atoms with Gasteiger partial charge in [0.2, 0.25) is 0 Å². The minimum Gasteiger partial charge on any atom is -0.740 e. The molecule has 3 nitrogen and oxygen atoms in total. The fourth-order valence-corrected chi connectivity index (χ4v) is 0.974. The molecule has 0 aromatic heterocycles. The molecule has 0 aliphatic rings. The summed E-state index contributed by atoms with van der Waals surface area (Å²) in [5.74, 6) is 0. The van der Waals surface area contributed by atoms with Crippen LogP contribution in [0, 0.1) is 13.8 Å². The van der Waals surface area contributed by atoms with Crippen molar-refractivity contribution in [2.45, 2.75) is 13.8 Å². The van der Waals surface area contributed by atoms with Gasteiger partial charge in [-0.25, -0.2) is 4.21 Å². The summed E-state index contributed by atoms with van der Waals surface area (Å²) >= 11 is -2.43. The Balaban J connectivity index is 0.000000255. The highest BCUT2D eigenvalue weighted by Crippen LogP contribution is 2.00. The zero-order valence-corrected chi connectivity index (χ0v) is 9.04. The molecule has 0 amide bonds. The first kappa shape index (κ1) is 12.9. The van der Waals surface area contributed by atoms with Crippen molar-refractivity contribution in [3.8, 4) is 0 Å². The van der Waals surface area contributed by atoms with Gasteiger partial charge in [-0.05, 0) is 13.8 Å². The maximum atomic E-state index is 9.31. The van der Waals surface area contributed by atoms with Gasteiger partial charge in [-0.3, -0.25) is 0 Å². The summed E-state index contributed by atoms with van der Waals surface area (Å²) < 4.78 is 22.3. The van der Waals surface area contributed by atoms with Crippen LogP contribution in [-0.4, -0.2) is 8.76 Å². The Bertz CT molecular complexity index is 293. The molecular weight excluding hydrogens is 200 g/mol. The maximum absolute atomic E-state index is 9.31.